The average Bonchev–Trinajstić information content (AvgIpc) is 2.31. The van der Waals surface area contributed by atoms with Crippen molar-refractivity contribution in [3.05, 3.63) is 0 Å². The van der Waals surface area contributed by atoms with Crippen molar-refractivity contribution in [2.24, 2.45) is 11.8 Å². The van der Waals surface area contributed by atoms with Gasteiger partial charge in [0, 0.05) is 19.3 Å². The molecular formula is C11H21BrNO3P. The third-order valence-electron chi connectivity index (χ3n) is 3.29. The molecule has 0 spiro atoms. The number of esters is 1. The second-order valence-electron chi connectivity index (χ2n) is 4.40. The number of hydrogen-bond donors (Lipinski definition) is 1. The standard InChI is InChI=1S/C11H21BrNO3P/c1-6-7(2)10(13-5-17)11(12)16-9(6)4-15-8(3)14/h6-7,9-11,13H,4-5,17H2,1-3H3/t6-,7-,9?,10?,11?/m0/s1/i/hD. The molecule has 1 aliphatic rings. The third kappa shape index (κ3) is 4.16. The summed E-state index contributed by atoms with van der Waals surface area (Å²) < 4.78 is 18.8. The zero-order valence-electron chi connectivity index (χ0n) is 11.4. The molecule has 0 aliphatic carbocycles. The van der Waals surface area contributed by atoms with Crippen molar-refractivity contribution >= 4 is 31.1 Å². The summed E-state index contributed by atoms with van der Waals surface area (Å²) in [5, 5.41) is 1.29. The Morgan fingerprint density at radius 2 is 2.24 bits per heavy atom. The Labute approximate surface area is 115 Å². The Morgan fingerprint density at radius 1 is 1.59 bits per heavy atom. The fourth-order valence-corrected chi connectivity index (χ4v) is 3.19. The number of alkyl halides is 1. The van der Waals surface area contributed by atoms with Crippen molar-refractivity contribution in [2.45, 2.75) is 37.9 Å². The average molecular weight is 327 g/mol. The summed E-state index contributed by atoms with van der Waals surface area (Å²) in [4.78, 5) is 10.8. The first-order chi connectivity index (χ1) is 8.38. The second kappa shape index (κ2) is 7.03. The van der Waals surface area contributed by atoms with Crippen LogP contribution in [0.1, 0.15) is 20.8 Å². The van der Waals surface area contributed by atoms with Crippen molar-refractivity contribution in [1.82, 2.24) is 5.31 Å². The quantitative estimate of drug-likeness (QED) is 0.485. The van der Waals surface area contributed by atoms with E-state index in [4.69, 9.17) is 10.9 Å². The van der Waals surface area contributed by atoms with Gasteiger partial charge in [-0.05, 0) is 11.8 Å². The summed E-state index contributed by atoms with van der Waals surface area (Å²) in [6.45, 7) is 5.84. The largest absolute Gasteiger partial charge is 0.463 e. The van der Waals surface area contributed by atoms with Crippen LogP contribution >= 0.6 is 25.2 Å². The van der Waals surface area contributed by atoms with Crippen LogP contribution in [-0.2, 0) is 14.3 Å². The number of carbonyl (C=O) groups is 1. The number of carbonyl (C=O) groups excluding carboxylic acids is 1. The first-order valence-electron chi connectivity index (χ1n) is 6.21. The van der Waals surface area contributed by atoms with E-state index in [2.05, 4.69) is 39.0 Å². The van der Waals surface area contributed by atoms with Gasteiger partial charge >= 0.3 is 5.97 Å². The third-order valence-corrected chi connectivity index (χ3v) is 4.26. The van der Waals surface area contributed by atoms with Crippen molar-refractivity contribution < 1.29 is 15.7 Å². The summed E-state index contributed by atoms with van der Waals surface area (Å²) in [5.41, 5.74) is 0. The van der Waals surface area contributed by atoms with Gasteiger partial charge in [0.15, 0.2) is 0 Å². The summed E-state index contributed by atoms with van der Waals surface area (Å²) in [6.07, 6.45) is 0.448. The molecule has 0 aromatic heterocycles. The van der Waals surface area contributed by atoms with Crippen molar-refractivity contribution in [1.29, 1.82) is 0 Å². The van der Waals surface area contributed by atoms with E-state index in [1.165, 1.54) is 12.2 Å². The summed E-state index contributed by atoms with van der Waals surface area (Å²) >= 11 is 3.48. The molecule has 1 saturated heterocycles. The fourth-order valence-electron chi connectivity index (χ4n) is 2.02. The maximum Gasteiger partial charge on any atom is 0.302 e. The second-order valence-corrected chi connectivity index (χ2v) is 5.67. The molecule has 0 amide bonds. The van der Waals surface area contributed by atoms with E-state index in [0.717, 1.165) is 0 Å². The molecule has 17 heavy (non-hydrogen) atoms. The molecule has 1 N–H and O–H groups in total. The first kappa shape index (κ1) is 13.7. The van der Waals surface area contributed by atoms with E-state index >= 15 is 0 Å². The SMILES string of the molecule is [2H]N(CP)C1C(Br)OC(COC(C)=O)[C@@H](C)[C@@H]1C. The lowest BCUT2D eigenvalue weighted by Gasteiger charge is -2.43. The molecule has 0 aromatic carbocycles. The van der Waals surface area contributed by atoms with Crippen LogP contribution in [0.5, 0.6) is 0 Å². The van der Waals surface area contributed by atoms with Gasteiger partial charge in [-0.3, -0.25) is 4.79 Å². The van der Waals surface area contributed by atoms with Crippen LogP contribution in [0.2, 0.25) is 1.41 Å². The predicted molar refractivity (Wildman–Crippen MR) is 74.0 cm³/mol. The van der Waals surface area contributed by atoms with Gasteiger partial charge in [-0.1, -0.05) is 29.8 Å². The van der Waals surface area contributed by atoms with Crippen LogP contribution in [0.25, 0.3) is 0 Å². The van der Waals surface area contributed by atoms with Crippen LogP contribution < -0.4 is 5.31 Å². The normalized spacial score (nSPS) is 38.9. The molecule has 0 aromatic rings. The molecule has 1 heterocycles. The monoisotopic (exact) mass is 326 g/mol. The molecule has 1 aliphatic heterocycles. The van der Waals surface area contributed by atoms with E-state index in [-0.39, 0.29) is 41.6 Å². The Balaban J connectivity index is 2.67. The first-order valence-corrected chi connectivity index (χ1v) is 7.50. The number of hydrogen-bond acceptors (Lipinski definition) is 4. The van der Waals surface area contributed by atoms with Gasteiger partial charge in [0.1, 0.15) is 13.0 Å². The lowest BCUT2D eigenvalue weighted by molar-refractivity contribution is -0.153. The van der Waals surface area contributed by atoms with E-state index in [1.807, 2.05) is 0 Å². The van der Waals surface area contributed by atoms with E-state index in [9.17, 15) is 4.79 Å². The van der Waals surface area contributed by atoms with Gasteiger partial charge in [0.2, 0.25) is 0 Å². The highest BCUT2D eigenvalue weighted by Crippen LogP contribution is 2.33. The van der Waals surface area contributed by atoms with Crippen molar-refractivity contribution in [3.63, 3.8) is 0 Å². The Bertz CT molecular complexity index is 297. The highest BCUT2D eigenvalue weighted by Gasteiger charge is 2.40. The lowest BCUT2D eigenvalue weighted by atomic mass is 9.83. The Kier molecular flexibility index (Phi) is 5.67. The van der Waals surface area contributed by atoms with Crippen LogP contribution in [0, 0.1) is 11.8 Å². The highest BCUT2D eigenvalue weighted by molar-refractivity contribution is 9.09. The molecule has 1 rings (SSSR count). The minimum absolute atomic E-state index is 0.00826. The lowest BCUT2D eigenvalue weighted by Crippen LogP contribution is -2.54. The fraction of sp³-hybridized carbons (Fsp3) is 0.909. The zero-order chi connectivity index (χ0) is 13.9. The summed E-state index contributed by atoms with van der Waals surface area (Å²) in [7, 11) is 2.54. The maximum absolute atomic E-state index is 10.8. The van der Waals surface area contributed by atoms with Crippen molar-refractivity contribution in [3.8, 4) is 0 Å². The Hall–Kier alpha value is 0.300. The van der Waals surface area contributed by atoms with Gasteiger partial charge < -0.3 is 14.8 Å². The van der Waals surface area contributed by atoms with Crippen molar-refractivity contribution in [2.75, 3.05) is 12.9 Å². The number of ether oxygens (including phenoxy) is 2. The number of rotatable bonds is 4. The van der Waals surface area contributed by atoms with Crippen LogP contribution in [0.15, 0.2) is 0 Å². The molecule has 0 bridgehead atoms. The van der Waals surface area contributed by atoms with Gasteiger partial charge in [0.05, 0.1) is 6.10 Å². The minimum atomic E-state index is -0.293. The number of nitrogens with one attached hydrogen (secondary N) is 1. The van der Waals surface area contributed by atoms with Gasteiger partial charge in [-0.25, -0.2) is 0 Å². The van der Waals surface area contributed by atoms with Crippen LogP contribution in [0.3, 0.4) is 0 Å². The maximum atomic E-state index is 10.8. The summed E-state index contributed by atoms with van der Waals surface area (Å²) in [6, 6.07) is -0.00826. The molecule has 6 atom stereocenters. The molecule has 0 radical (unpaired) electrons. The van der Waals surface area contributed by atoms with Crippen LogP contribution in [-0.4, -0.2) is 36.0 Å². The van der Waals surface area contributed by atoms with Crippen LogP contribution in [0.4, 0.5) is 0 Å². The predicted octanol–water partition coefficient (Wildman–Crippen LogP) is 1.73. The molecule has 6 heteroatoms. The molecule has 100 valence electrons. The molecule has 1 fully saturated rings. The summed E-state index contributed by atoms with van der Waals surface area (Å²) in [5.74, 6) is 0.216. The molecule has 4 nitrogen and oxygen atoms in total. The topological polar surface area (TPSA) is 47.6 Å². The molecular weight excluding hydrogens is 305 g/mol. The van der Waals surface area contributed by atoms with Gasteiger partial charge in [-0.15, -0.1) is 9.24 Å². The Morgan fingerprint density at radius 3 is 2.76 bits per heavy atom. The molecule has 4 unspecified atom stereocenters. The zero-order valence-corrected chi connectivity index (χ0v) is 13.2. The number of halogens is 1. The smallest absolute Gasteiger partial charge is 0.302 e. The van der Waals surface area contributed by atoms with E-state index in [0.29, 0.717) is 6.29 Å². The van der Waals surface area contributed by atoms with Gasteiger partial charge in [0.25, 0.3) is 0 Å². The molecule has 0 saturated carbocycles. The van der Waals surface area contributed by atoms with E-state index in [1.54, 1.807) is 0 Å². The highest BCUT2D eigenvalue weighted by atomic mass is 79.9. The van der Waals surface area contributed by atoms with E-state index < -0.39 is 0 Å². The van der Waals surface area contributed by atoms with Gasteiger partial charge in [-0.2, -0.15) is 0 Å². The minimum Gasteiger partial charge on any atom is -0.463 e.